The van der Waals surface area contributed by atoms with Crippen LogP contribution in [0.5, 0.6) is 5.75 Å². The van der Waals surface area contributed by atoms with Crippen molar-refractivity contribution >= 4 is 0 Å². The average molecular weight is 261 g/mol. The fraction of sp³-hybridized carbons (Fsp3) is 0.538. The maximum Gasteiger partial charge on any atom is 0.419 e. The van der Waals surface area contributed by atoms with Crippen molar-refractivity contribution in [2.45, 2.75) is 38.4 Å². The van der Waals surface area contributed by atoms with Gasteiger partial charge in [0.15, 0.2) is 0 Å². The number of para-hydroxylation sites is 1. The van der Waals surface area contributed by atoms with E-state index >= 15 is 0 Å². The Morgan fingerprint density at radius 1 is 1.22 bits per heavy atom. The van der Waals surface area contributed by atoms with Gasteiger partial charge < -0.3 is 10.5 Å². The van der Waals surface area contributed by atoms with Crippen LogP contribution >= 0.6 is 0 Å². The predicted octanol–water partition coefficient (Wildman–Crippen LogP) is 3.60. The van der Waals surface area contributed by atoms with Gasteiger partial charge in [0.2, 0.25) is 0 Å². The normalized spacial score (nSPS) is 13.4. The molecule has 1 aromatic rings. The standard InChI is InChI=1S/C13H18F3NO/c1-10(17)6-4-5-9-18-12-8-3-2-7-11(12)13(14,15)16/h2-3,7-8,10H,4-6,9,17H2,1H3. The third kappa shape index (κ3) is 4.96. The van der Waals surface area contributed by atoms with Crippen LogP contribution in [0, 0.1) is 0 Å². The van der Waals surface area contributed by atoms with Crippen molar-refractivity contribution in [1.82, 2.24) is 0 Å². The molecule has 0 heterocycles. The topological polar surface area (TPSA) is 35.2 Å². The molecule has 1 unspecified atom stereocenters. The van der Waals surface area contributed by atoms with Crippen LogP contribution in [0.25, 0.3) is 0 Å². The average Bonchev–Trinajstić information content (AvgIpc) is 2.27. The zero-order chi connectivity index (χ0) is 13.6. The van der Waals surface area contributed by atoms with E-state index in [1.807, 2.05) is 6.92 Å². The minimum atomic E-state index is -4.37. The molecule has 0 saturated carbocycles. The van der Waals surface area contributed by atoms with Crippen LogP contribution in [0.2, 0.25) is 0 Å². The Kier molecular flexibility index (Phi) is 5.47. The molecule has 1 atom stereocenters. The molecule has 0 radical (unpaired) electrons. The maximum absolute atomic E-state index is 12.6. The second-order valence-corrected chi connectivity index (χ2v) is 4.32. The van der Waals surface area contributed by atoms with Crippen molar-refractivity contribution in [2.75, 3.05) is 6.61 Å². The van der Waals surface area contributed by atoms with Crippen LogP contribution in [0.3, 0.4) is 0 Å². The minimum absolute atomic E-state index is 0.106. The van der Waals surface area contributed by atoms with Crippen molar-refractivity contribution in [3.8, 4) is 5.75 Å². The highest BCUT2D eigenvalue weighted by Crippen LogP contribution is 2.35. The van der Waals surface area contributed by atoms with Gasteiger partial charge in [0.25, 0.3) is 0 Å². The number of rotatable bonds is 6. The van der Waals surface area contributed by atoms with Gasteiger partial charge in [0.1, 0.15) is 5.75 Å². The Bertz CT molecular complexity index is 363. The number of ether oxygens (including phenoxy) is 1. The lowest BCUT2D eigenvalue weighted by atomic mass is 10.1. The highest BCUT2D eigenvalue weighted by atomic mass is 19.4. The van der Waals surface area contributed by atoms with Gasteiger partial charge >= 0.3 is 6.18 Å². The third-order valence-electron chi connectivity index (χ3n) is 2.50. The van der Waals surface area contributed by atoms with Gasteiger partial charge in [-0.3, -0.25) is 0 Å². The van der Waals surface area contributed by atoms with Gasteiger partial charge in [-0.05, 0) is 38.3 Å². The minimum Gasteiger partial charge on any atom is -0.493 e. The fourth-order valence-electron chi connectivity index (χ4n) is 1.58. The first-order valence-electron chi connectivity index (χ1n) is 5.96. The summed E-state index contributed by atoms with van der Waals surface area (Å²) >= 11 is 0. The van der Waals surface area contributed by atoms with Gasteiger partial charge in [-0.2, -0.15) is 13.2 Å². The summed E-state index contributed by atoms with van der Waals surface area (Å²) in [7, 11) is 0. The summed E-state index contributed by atoms with van der Waals surface area (Å²) in [4.78, 5) is 0. The van der Waals surface area contributed by atoms with E-state index in [2.05, 4.69) is 0 Å². The SMILES string of the molecule is CC(N)CCCCOc1ccccc1C(F)(F)F. The van der Waals surface area contributed by atoms with Crippen LogP contribution in [-0.2, 0) is 6.18 Å². The number of hydrogen-bond acceptors (Lipinski definition) is 2. The first-order chi connectivity index (χ1) is 8.41. The van der Waals surface area contributed by atoms with Crippen LogP contribution in [-0.4, -0.2) is 12.6 Å². The van der Waals surface area contributed by atoms with E-state index in [1.165, 1.54) is 18.2 Å². The van der Waals surface area contributed by atoms with Crippen molar-refractivity contribution in [3.05, 3.63) is 29.8 Å². The summed E-state index contributed by atoms with van der Waals surface area (Å²) in [6.07, 6.45) is -1.97. The Morgan fingerprint density at radius 3 is 2.50 bits per heavy atom. The molecular formula is C13H18F3NO. The Morgan fingerprint density at radius 2 is 1.89 bits per heavy atom. The number of benzene rings is 1. The summed E-state index contributed by atoms with van der Waals surface area (Å²) in [5.41, 5.74) is 4.85. The predicted molar refractivity (Wildman–Crippen MR) is 64.4 cm³/mol. The zero-order valence-corrected chi connectivity index (χ0v) is 10.3. The van der Waals surface area contributed by atoms with E-state index in [9.17, 15) is 13.2 Å². The summed E-state index contributed by atoms with van der Waals surface area (Å²) in [6.45, 7) is 2.18. The molecule has 0 aliphatic rings. The van der Waals surface area contributed by atoms with Gasteiger partial charge in [0, 0.05) is 6.04 Å². The molecule has 2 nitrogen and oxygen atoms in total. The van der Waals surface area contributed by atoms with Gasteiger partial charge in [-0.1, -0.05) is 12.1 Å². The summed E-state index contributed by atoms with van der Waals surface area (Å²) in [6, 6.07) is 5.37. The number of hydrogen-bond donors (Lipinski definition) is 1. The molecule has 18 heavy (non-hydrogen) atoms. The van der Waals surface area contributed by atoms with Gasteiger partial charge in [-0.15, -0.1) is 0 Å². The van der Waals surface area contributed by atoms with Gasteiger partial charge in [0.05, 0.1) is 12.2 Å². The maximum atomic E-state index is 12.6. The Labute approximate surface area is 105 Å². The number of halogens is 3. The second-order valence-electron chi connectivity index (χ2n) is 4.32. The first-order valence-corrected chi connectivity index (χ1v) is 5.96. The fourth-order valence-corrected chi connectivity index (χ4v) is 1.58. The summed E-state index contributed by atoms with van der Waals surface area (Å²) in [5.74, 6) is -0.106. The third-order valence-corrected chi connectivity index (χ3v) is 2.50. The van der Waals surface area contributed by atoms with Gasteiger partial charge in [-0.25, -0.2) is 0 Å². The molecule has 2 N–H and O–H groups in total. The lowest BCUT2D eigenvalue weighted by Gasteiger charge is -2.13. The van der Waals surface area contributed by atoms with E-state index in [0.29, 0.717) is 6.42 Å². The highest BCUT2D eigenvalue weighted by molar-refractivity contribution is 5.35. The van der Waals surface area contributed by atoms with Crippen molar-refractivity contribution < 1.29 is 17.9 Å². The quantitative estimate of drug-likeness (QED) is 0.794. The van der Waals surface area contributed by atoms with E-state index in [0.717, 1.165) is 18.9 Å². The molecule has 5 heteroatoms. The number of nitrogens with two attached hydrogens (primary N) is 1. The first kappa shape index (κ1) is 14.8. The summed E-state index contributed by atoms with van der Waals surface area (Å²) in [5, 5.41) is 0. The summed E-state index contributed by atoms with van der Waals surface area (Å²) < 4.78 is 43.1. The Hall–Kier alpha value is -1.23. The molecule has 0 spiro atoms. The molecular weight excluding hydrogens is 243 g/mol. The molecule has 102 valence electrons. The molecule has 0 amide bonds. The largest absolute Gasteiger partial charge is 0.493 e. The lowest BCUT2D eigenvalue weighted by molar-refractivity contribution is -0.138. The van der Waals surface area contributed by atoms with Crippen molar-refractivity contribution in [2.24, 2.45) is 5.73 Å². The molecule has 0 aliphatic carbocycles. The smallest absolute Gasteiger partial charge is 0.419 e. The number of alkyl halides is 3. The zero-order valence-electron chi connectivity index (χ0n) is 10.3. The van der Waals surface area contributed by atoms with Crippen molar-refractivity contribution in [3.63, 3.8) is 0 Å². The van der Waals surface area contributed by atoms with E-state index in [1.54, 1.807) is 0 Å². The molecule has 0 fully saturated rings. The van der Waals surface area contributed by atoms with Crippen LogP contribution in [0.1, 0.15) is 31.7 Å². The molecule has 1 aromatic carbocycles. The monoisotopic (exact) mass is 261 g/mol. The highest BCUT2D eigenvalue weighted by Gasteiger charge is 2.33. The van der Waals surface area contributed by atoms with E-state index in [-0.39, 0.29) is 18.4 Å². The second kappa shape index (κ2) is 6.64. The van der Waals surface area contributed by atoms with E-state index in [4.69, 9.17) is 10.5 Å². The molecule has 1 rings (SSSR count). The molecule has 0 bridgehead atoms. The van der Waals surface area contributed by atoms with Crippen LogP contribution < -0.4 is 10.5 Å². The van der Waals surface area contributed by atoms with Crippen LogP contribution in [0.15, 0.2) is 24.3 Å². The van der Waals surface area contributed by atoms with Crippen molar-refractivity contribution in [1.29, 1.82) is 0 Å². The number of unbranched alkanes of at least 4 members (excludes halogenated alkanes) is 1. The van der Waals surface area contributed by atoms with Crippen LogP contribution in [0.4, 0.5) is 13.2 Å². The molecule has 0 aromatic heterocycles. The van der Waals surface area contributed by atoms with E-state index < -0.39 is 11.7 Å². The lowest BCUT2D eigenvalue weighted by Crippen LogP contribution is -2.14. The molecule has 0 aliphatic heterocycles. The Balaban J connectivity index is 2.47. The molecule has 0 saturated heterocycles.